The molecule has 1 saturated heterocycles. The van der Waals surface area contributed by atoms with E-state index in [9.17, 15) is 4.79 Å². The largest absolute Gasteiger partial charge is 0.440 e. The molecule has 0 atom stereocenters. The van der Waals surface area contributed by atoms with Crippen LogP contribution in [0.2, 0.25) is 5.22 Å². The molecule has 1 amide bonds. The molecule has 0 radical (unpaired) electrons. The van der Waals surface area contributed by atoms with Gasteiger partial charge in [-0.1, -0.05) is 0 Å². The average Bonchev–Trinajstić information content (AvgIpc) is 2.66. The highest BCUT2D eigenvalue weighted by atomic mass is 35.5. The number of carbonyl (C=O) groups excluding carboxylic acids is 1. The molecule has 82 valence electrons. The lowest BCUT2D eigenvalue weighted by molar-refractivity contribution is 0.0901. The first-order chi connectivity index (χ1) is 7.25. The molecule has 2 heterocycles. The quantitative estimate of drug-likeness (QED) is 0.805. The lowest BCUT2D eigenvalue weighted by Crippen LogP contribution is -2.42. The molecular weight excluding hydrogens is 216 g/mol. The van der Waals surface area contributed by atoms with Crippen molar-refractivity contribution in [1.82, 2.24) is 10.6 Å². The van der Waals surface area contributed by atoms with Gasteiger partial charge in [0.1, 0.15) is 0 Å². The molecule has 0 unspecified atom stereocenters. The van der Waals surface area contributed by atoms with Gasteiger partial charge in [0.2, 0.25) is 0 Å². The highest BCUT2D eigenvalue weighted by molar-refractivity contribution is 6.29. The van der Waals surface area contributed by atoms with Crippen molar-refractivity contribution in [3.05, 3.63) is 23.1 Å². The molecule has 1 fully saturated rings. The van der Waals surface area contributed by atoms with E-state index >= 15 is 0 Å². The maximum absolute atomic E-state index is 11.6. The van der Waals surface area contributed by atoms with Gasteiger partial charge in [-0.15, -0.1) is 0 Å². The van der Waals surface area contributed by atoms with E-state index in [-0.39, 0.29) is 22.9 Å². The van der Waals surface area contributed by atoms with E-state index in [0.717, 1.165) is 25.9 Å². The summed E-state index contributed by atoms with van der Waals surface area (Å²) in [6.45, 7) is 1.90. The summed E-state index contributed by atoms with van der Waals surface area (Å²) in [4.78, 5) is 11.6. The Kier molecular flexibility index (Phi) is 3.28. The first-order valence-corrected chi connectivity index (χ1v) is 5.40. The van der Waals surface area contributed by atoms with Crippen LogP contribution in [-0.4, -0.2) is 25.0 Å². The monoisotopic (exact) mass is 228 g/mol. The van der Waals surface area contributed by atoms with Crippen LogP contribution >= 0.6 is 11.6 Å². The van der Waals surface area contributed by atoms with E-state index in [1.807, 2.05) is 0 Å². The van der Waals surface area contributed by atoms with Crippen molar-refractivity contribution in [2.75, 3.05) is 13.1 Å². The van der Waals surface area contributed by atoms with E-state index in [2.05, 4.69) is 10.6 Å². The molecule has 1 aliphatic heterocycles. The molecule has 0 aromatic carbocycles. The Morgan fingerprint density at radius 1 is 1.47 bits per heavy atom. The molecule has 0 spiro atoms. The molecule has 2 N–H and O–H groups in total. The summed E-state index contributed by atoms with van der Waals surface area (Å²) in [5, 5.41) is 6.39. The van der Waals surface area contributed by atoms with Crippen LogP contribution in [0.15, 0.2) is 16.5 Å². The number of furan rings is 1. The fourth-order valence-corrected chi connectivity index (χ4v) is 1.81. The van der Waals surface area contributed by atoms with E-state index in [1.54, 1.807) is 12.1 Å². The first kappa shape index (κ1) is 10.5. The summed E-state index contributed by atoms with van der Waals surface area (Å²) in [5.74, 6) is 0.0901. The summed E-state index contributed by atoms with van der Waals surface area (Å²) in [5.41, 5.74) is 0. The molecule has 4 nitrogen and oxygen atoms in total. The van der Waals surface area contributed by atoms with Gasteiger partial charge in [-0.05, 0) is 49.7 Å². The molecule has 0 saturated carbocycles. The lowest BCUT2D eigenvalue weighted by atomic mass is 10.1. The third-order valence-corrected chi connectivity index (χ3v) is 2.67. The Hall–Kier alpha value is -1.00. The minimum absolute atomic E-state index is 0.186. The summed E-state index contributed by atoms with van der Waals surface area (Å²) in [7, 11) is 0. The van der Waals surface area contributed by atoms with Crippen molar-refractivity contribution in [2.24, 2.45) is 0 Å². The topological polar surface area (TPSA) is 54.3 Å². The van der Waals surface area contributed by atoms with Crippen LogP contribution in [0.3, 0.4) is 0 Å². The average molecular weight is 229 g/mol. The van der Waals surface area contributed by atoms with Crippen LogP contribution in [-0.2, 0) is 0 Å². The number of halogens is 1. The van der Waals surface area contributed by atoms with Gasteiger partial charge >= 0.3 is 0 Å². The predicted octanol–water partition coefficient (Wildman–Crippen LogP) is 1.41. The zero-order valence-electron chi connectivity index (χ0n) is 8.25. The smallest absolute Gasteiger partial charge is 0.287 e. The van der Waals surface area contributed by atoms with E-state index in [4.69, 9.17) is 16.0 Å². The van der Waals surface area contributed by atoms with Gasteiger partial charge in [0.15, 0.2) is 11.0 Å². The predicted molar refractivity (Wildman–Crippen MR) is 57.1 cm³/mol. The molecule has 2 rings (SSSR count). The maximum Gasteiger partial charge on any atom is 0.287 e. The number of carbonyl (C=O) groups is 1. The van der Waals surface area contributed by atoms with Crippen LogP contribution in [0.5, 0.6) is 0 Å². The Labute approximate surface area is 93.0 Å². The number of rotatable bonds is 2. The van der Waals surface area contributed by atoms with Crippen LogP contribution in [0.1, 0.15) is 23.4 Å². The molecular formula is C10H13ClN2O2. The van der Waals surface area contributed by atoms with Crippen molar-refractivity contribution in [3.8, 4) is 0 Å². The van der Waals surface area contributed by atoms with Crippen LogP contribution in [0.4, 0.5) is 0 Å². The van der Waals surface area contributed by atoms with Gasteiger partial charge in [0, 0.05) is 6.04 Å². The van der Waals surface area contributed by atoms with E-state index < -0.39 is 0 Å². The summed E-state index contributed by atoms with van der Waals surface area (Å²) >= 11 is 5.59. The van der Waals surface area contributed by atoms with Crippen molar-refractivity contribution in [2.45, 2.75) is 18.9 Å². The molecule has 5 heteroatoms. The molecule has 15 heavy (non-hydrogen) atoms. The molecule has 0 bridgehead atoms. The highest BCUT2D eigenvalue weighted by Gasteiger charge is 2.18. The standard InChI is InChI=1S/C10H13ClN2O2/c11-9-2-1-8(15-9)10(14)13-7-3-5-12-6-4-7/h1-2,7,12H,3-6H2,(H,13,14). The SMILES string of the molecule is O=C(NC1CCNCC1)c1ccc(Cl)o1. The molecule has 1 aromatic rings. The summed E-state index contributed by atoms with van der Waals surface area (Å²) in [6, 6.07) is 3.39. The van der Waals surface area contributed by atoms with Crippen molar-refractivity contribution in [1.29, 1.82) is 0 Å². The lowest BCUT2D eigenvalue weighted by Gasteiger charge is -2.23. The number of hydrogen-bond acceptors (Lipinski definition) is 3. The zero-order chi connectivity index (χ0) is 10.7. The minimum atomic E-state index is -0.186. The molecule has 1 aromatic heterocycles. The van der Waals surface area contributed by atoms with Crippen LogP contribution in [0, 0.1) is 0 Å². The number of piperidine rings is 1. The Morgan fingerprint density at radius 3 is 2.80 bits per heavy atom. The third kappa shape index (κ3) is 2.73. The van der Waals surface area contributed by atoms with Crippen molar-refractivity contribution >= 4 is 17.5 Å². The van der Waals surface area contributed by atoms with Gasteiger partial charge in [-0.3, -0.25) is 4.79 Å². The number of nitrogens with one attached hydrogen (secondary N) is 2. The van der Waals surface area contributed by atoms with E-state index in [0.29, 0.717) is 0 Å². The Bertz CT molecular complexity index is 345. The Balaban J connectivity index is 1.91. The van der Waals surface area contributed by atoms with Crippen molar-refractivity contribution < 1.29 is 9.21 Å². The fraction of sp³-hybridized carbons (Fsp3) is 0.500. The molecule has 1 aliphatic rings. The van der Waals surface area contributed by atoms with Crippen LogP contribution in [0.25, 0.3) is 0 Å². The number of amides is 1. The van der Waals surface area contributed by atoms with Crippen LogP contribution < -0.4 is 10.6 Å². The second-order valence-corrected chi connectivity index (χ2v) is 3.97. The zero-order valence-corrected chi connectivity index (χ0v) is 9.01. The summed E-state index contributed by atoms with van der Waals surface area (Å²) in [6.07, 6.45) is 1.92. The van der Waals surface area contributed by atoms with E-state index in [1.165, 1.54) is 0 Å². The van der Waals surface area contributed by atoms with Crippen molar-refractivity contribution in [3.63, 3.8) is 0 Å². The van der Waals surface area contributed by atoms with Gasteiger partial charge in [0.05, 0.1) is 0 Å². The first-order valence-electron chi connectivity index (χ1n) is 5.02. The van der Waals surface area contributed by atoms with Gasteiger partial charge in [-0.2, -0.15) is 0 Å². The summed E-state index contributed by atoms with van der Waals surface area (Å²) < 4.78 is 5.02. The van der Waals surface area contributed by atoms with Gasteiger partial charge < -0.3 is 15.1 Å². The van der Waals surface area contributed by atoms with Gasteiger partial charge in [-0.25, -0.2) is 0 Å². The highest BCUT2D eigenvalue weighted by Crippen LogP contribution is 2.13. The normalized spacial score (nSPS) is 17.7. The molecule has 0 aliphatic carbocycles. The number of hydrogen-bond donors (Lipinski definition) is 2. The Morgan fingerprint density at radius 2 is 2.20 bits per heavy atom. The second-order valence-electron chi connectivity index (χ2n) is 3.60. The third-order valence-electron chi connectivity index (χ3n) is 2.47. The fourth-order valence-electron chi connectivity index (χ4n) is 1.66. The van der Waals surface area contributed by atoms with Gasteiger partial charge in [0.25, 0.3) is 5.91 Å². The minimum Gasteiger partial charge on any atom is -0.440 e. The second kappa shape index (κ2) is 4.68. The maximum atomic E-state index is 11.6.